The Hall–Kier alpha value is -1.56. The molecule has 1 fully saturated rings. The molecule has 1 aromatic rings. The van der Waals surface area contributed by atoms with Crippen molar-refractivity contribution in [1.29, 1.82) is 0 Å². The molecule has 18 heavy (non-hydrogen) atoms. The molecule has 0 amide bonds. The van der Waals surface area contributed by atoms with Gasteiger partial charge in [0.05, 0.1) is 12.4 Å². The smallest absolute Gasteiger partial charge is 0.191 e. The van der Waals surface area contributed by atoms with Crippen molar-refractivity contribution in [3.63, 3.8) is 0 Å². The lowest BCUT2D eigenvalue weighted by Crippen LogP contribution is -2.42. The summed E-state index contributed by atoms with van der Waals surface area (Å²) in [7, 11) is 1.78. The van der Waals surface area contributed by atoms with Crippen molar-refractivity contribution in [2.45, 2.75) is 25.5 Å². The van der Waals surface area contributed by atoms with E-state index in [-0.39, 0.29) is 0 Å². The molecule has 0 saturated carbocycles. The Labute approximate surface area is 107 Å². The van der Waals surface area contributed by atoms with E-state index >= 15 is 0 Å². The van der Waals surface area contributed by atoms with Crippen LogP contribution in [0.5, 0.6) is 0 Å². The summed E-state index contributed by atoms with van der Waals surface area (Å²) in [5.74, 6) is 0.825. The number of hydrogen-bond acceptors (Lipinski definition) is 3. The molecule has 0 radical (unpaired) electrons. The van der Waals surface area contributed by atoms with Gasteiger partial charge in [0.1, 0.15) is 0 Å². The molecule has 1 aliphatic heterocycles. The number of guanidine groups is 1. The van der Waals surface area contributed by atoms with E-state index in [0.29, 0.717) is 6.10 Å². The van der Waals surface area contributed by atoms with Gasteiger partial charge in [-0.05, 0) is 12.8 Å². The van der Waals surface area contributed by atoms with Crippen LogP contribution in [0.2, 0.25) is 0 Å². The number of ether oxygens (including phenoxy) is 1. The molecule has 2 heterocycles. The first-order valence-corrected chi connectivity index (χ1v) is 6.40. The molecule has 0 aliphatic carbocycles. The third kappa shape index (κ3) is 4.03. The average molecular weight is 251 g/mol. The van der Waals surface area contributed by atoms with Gasteiger partial charge < -0.3 is 19.9 Å². The van der Waals surface area contributed by atoms with Crippen molar-refractivity contribution in [3.05, 3.63) is 18.7 Å². The molecule has 0 bridgehead atoms. The number of aliphatic imine (C=N–C) groups is 1. The minimum atomic E-state index is 0.331. The minimum Gasteiger partial charge on any atom is -0.376 e. The maximum Gasteiger partial charge on any atom is 0.191 e. The quantitative estimate of drug-likeness (QED) is 0.581. The molecule has 1 aromatic heterocycles. The van der Waals surface area contributed by atoms with Crippen LogP contribution in [0, 0.1) is 0 Å². The van der Waals surface area contributed by atoms with Gasteiger partial charge in [-0.25, -0.2) is 4.98 Å². The molecule has 6 heteroatoms. The third-order valence-corrected chi connectivity index (χ3v) is 2.97. The van der Waals surface area contributed by atoms with Crippen LogP contribution in [0.15, 0.2) is 23.7 Å². The van der Waals surface area contributed by atoms with Gasteiger partial charge in [0.2, 0.25) is 0 Å². The lowest BCUT2D eigenvalue weighted by Gasteiger charge is -2.15. The number of nitrogens with one attached hydrogen (secondary N) is 2. The van der Waals surface area contributed by atoms with Crippen LogP contribution in [0.4, 0.5) is 0 Å². The molecule has 1 unspecified atom stereocenters. The van der Waals surface area contributed by atoms with E-state index in [1.165, 1.54) is 6.42 Å². The Morgan fingerprint density at radius 2 is 2.50 bits per heavy atom. The second-order valence-electron chi connectivity index (χ2n) is 4.32. The average Bonchev–Trinajstić information content (AvgIpc) is 3.06. The summed E-state index contributed by atoms with van der Waals surface area (Å²) in [6.07, 6.45) is 8.18. The zero-order valence-corrected chi connectivity index (χ0v) is 10.8. The first-order chi connectivity index (χ1) is 8.88. The van der Waals surface area contributed by atoms with E-state index in [1.54, 1.807) is 13.2 Å². The van der Waals surface area contributed by atoms with Crippen molar-refractivity contribution in [1.82, 2.24) is 20.2 Å². The molecule has 1 saturated heterocycles. The lowest BCUT2D eigenvalue weighted by atomic mass is 10.2. The van der Waals surface area contributed by atoms with Crippen LogP contribution in [-0.4, -0.2) is 48.4 Å². The lowest BCUT2D eigenvalue weighted by molar-refractivity contribution is 0.114. The van der Waals surface area contributed by atoms with E-state index in [4.69, 9.17) is 4.74 Å². The second kappa shape index (κ2) is 7.00. The van der Waals surface area contributed by atoms with Crippen LogP contribution in [-0.2, 0) is 11.3 Å². The van der Waals surface area contributed by atoms with Crippen molar-refractivity contribution in [2.75, 3.05) is 26.7 Å². The number of hydrogen-bond donors (Lipinski definition) is 2. The molecular weight excluding hydrogens is 230 g/mol. The number of nitrogens with zero attached hydrogens (tertiary/aromatic N) is 3. The normalized spacial score (nSPS) is 20.1. The van der Waals surface area contributed by atoms with Gasteiger partial charge in [0.15, 0.2) is 5.96 Å². The molecule has 0 spiro atoms. The third-order valence-electron chi connectivity index (χ3n) is 2.97. The first-order valence-electron chi connectivity index (χ1n) is 6.40. The van der Waals surface area contributed by atoms with Gasteiger partial charge in [-0.2, -0.15) is 0 Å². The molecule has 6 nitrogen and oxygen atoms in total. The molecule has 2 N–H and O–H groups in total. The summed E-state index contributed by atoms with van der Waals surface area (Å²) < 4.78 is 7.58. The zero-order valence-electron chi connectivity index (χ0n) is 10.8. The highest BCUT2D eigenvalue weighted by Gasteiger charge is 2.15. The SMILES string of the molecule is CN=C(NCCn1ccnc1)NCC1CCCO1. The highest BCUT2D eigenvalue weighted by Crippen LogP contribution is 2.10. The van der Waals surface area contributed by atoms with Crippen LogP contribution in [0.3, 0.4) is 0 Å². The van der Waals surface area contributed by atoms with Gasteiger partial charge in [-0.3, -0.25) is 4.99 Å². The largest absolute Gasteiger partial charge is 0.376 e. The molecule has 1 aliphatic rings. The van der Waals surface area contributed by atoms with Gasteiger partial charge in [-0.15, -0.1) is 0 Å². The van der Waals surface area contributed by atoms with Crippen molar-refractivity contribution in [3.8, 4) is 0 Å². The standard InChI is InChI=1S/C12H21N5O/c1-13-12(16-9-11-3-2-8-18-11)15-5-7-17-6-4-14-10-17/h4,6,10-11H,2-3,5,7-9H2,1H3,(H2,13,15,16). The topological polar surface area (TPSA) is 63.5 Å². The summed E-state index contributed by atoms with van der Waals surface area (Å²) in [4.78, 5) is 8.18. The highest BCUT2D eigenvalue weighted by molar-refractivity contribution is 5.79. The fourth-order valence-electron chi connectivity index (χ4n) is 1.96. The Kier molecular flexibility index (Phi) is 5.01. The van der Waals surface area contributed by atoms with E-state index < -0.39 is 0 Å². The molecule has 100 valence electrons. The van der Waals surface area contributed by atoms with E-state index in [1.807, 2.05) is 17.1 Å². The maximum absolute atomic E-state index is 5.55. The Bertz CT molecular complexity index is 357. The fourth-order valence-corrected chi connectivity index (χ4v) is 1.96. The number of aromatic nitrogens is 2. The van der Waals surface area contributed by atoms with Crippen molar-refractivity contribution >= 4 is 5.96 Å². The molecular formula is C12H21N5O. The van der Waals surface area contributed by atoms with Gasteiger partial charge in [0.25, 0.3) is 0 Å². The summed E-state index contributed by atoms with van der Waals surface area (Å²) in [5, 5.41) is 6.55. The highest BCUT2D eigenvalue weighted by atomic mass is 16.5. The van der Waals surface area contributed by atoms with Crippen molar-refractivity contribution in [2.24, 2.45) is 4.99 Å². The van der Waals surface area contributed by atoms with Crippen LogP contribution >= 0.6 is 0 Å². The summed E-state index contributed by atoms with van der Waals surface area (Å²) >= 11 is 0. The zero-order chi connectivity index (χ0) is 12.6. The summed E-state index contributed by atoms with van der Waals surface area (Å²) in [5.41, 5.74) is 0. The van der Waals surface area contributed by atoms with Gasteiger partial charge in [-0.1, -0.05) is 0 Å². The summed E-state index contributed by atoms with van der Waals surface area (Å²) in [6.45, 7) is 3.41. The Morgan fingerprint density at radius 1 is 1.56 bits per heavy atom. The summed E-state index contributed by atoms with van der Waals surface area (Å²) in [6, 6.07) is 0. The molecule has 0 aromatic carbocycles. The predicted molar refractivity (Wildman–Crippen MR) is 70.6 cm³/mol. The first kappa shape index (κ1) is 12.9. The fraction of sp³-hybridized carbons (Fsp3) is 0.667. The maximum atomic E-state index is 5.55. The minimum absolute atomic E-state index is 0.331. The second-order valence-corrected chi connectivity index (χ2v) is 4.32. The molecule has 2 rings (SSSR count). The van der Waals surface area contributed by atoms with E-state index in [0.717, 1.165) is 38.6 Å². The van der Waals surface area contributed by atoms with Crippen LogP contribution in [0.1, 0.15) is 12.8 Å². The van der Waals surface area contributed by atoms with E-state index in [2.05, 4.69) is 20.6 Å². The monoisotopic (exact) mass is 251 g/mol. The van der Waals surface area contributed by atoms with E-state index in [9.17, 15) is 0 Å². The van der Waals surface area contributed by atoms with Gasteiger partial charge >= 0.3 is 0 Å². The van der Waals surface area contributed by atoms with Crippen molar-refractivity contribution < 1.29 is 4.74 Å². The Morgan fingerprint density at radius 3 is 3.17 bits per heavy atom. The number of imidazole rings is 1. The molecule has 1 atom stereocenters. The van der Waals surface area contributed by atoms with Gasteiger partial charge in [0, 0.05) is 45.7 Å². The Balaban J connectivity index is 1.62. The van der Waals surface area contributed by atoms with Crippen LogP contribution < -0.4 is 10.6 Å². The predicted octanol–water partition coefficient (Wildman–Crippen LogP) is 0.227. The number of rotatable bonds is 5. The van der Waals surface area contributed by atoms with Crippen LogP contribution in [0.25, 0.3) is 0 Å².